The van der Waals surface area contributed by atoms with Crippen LogP contribution in [0.5, 0.6) is 5.75 Å². The van der Waals surface area contributed by atoms with Crippen molar-refractivity contribution in [3.63, 3.8) is 0 Å². The summed E-state index contributed by atoms with van der Waals surface area (Å²) in [4.78, 5) is 0. The average molecular weight is 337 g/mol. The van der Waals surface area contributed by atoms with E-state index in [1.54, 1.807) is 0 Å². The second-order valence-corrected chi connectivity index (χ2v) is 6.30. The van der Waals surface area contributed by atoms with E-state index in [4.69, 9.17) is 4.74 Å². The molecular weight excluding hydrogens is 320 g/mol. The maximum atomic E-state index is 10.3. The fourth-order valence-corrected chi connectivity index (χ4v) is 2.80. The third kappa shape index (κ3) is 2.47. The van der Waals surface area contributed by atoms with Crippen LogP contribution in [-0.2, 0) is 0 Å². The molecule has 106 valence electrons. The van der Waals surface area contributed by atoms with Crippen LogP contribution in [0.1, 0.15) is 49.6 Å². The van der Waals surface area contributed by atoms with Gasteiger partial charge in [0.05, 0.1) is 12.3 Å². The molecule has 2 atom stereocenters. The molecule has 0 saturated carbocycles. The molecule has 1 aromatic carbocycles. The topological polar surface area (TPSA) is 47.3 Å². The summed E-state index contributed by atoms with van der Waals surface area (Å²) < 4.78 is 8.86. The monoisotopic (exact) mass is 336 g/mol. The lowest BCUT2D eigenvalue weighted by atomic mass is 9.96. The Kier molecular flexibility index (Phi) is 3.56. The van der Waals surface area contributed by atoms with E-state index in [9.17, 15) is 5.11 Å². The van der Waals surface area contributed by atoms with Gasteiger partial charge < -0.3 is 9.84 Å². The van der Waals surface area contributed by atoms with Crippen molar-refractivity contribution in [1.29, 1.82) is 0 Å². The summed E-state index contributed by atoms with van der Waals surface area (Å²) in [5.41, 5.74) is 1.85. The van der Waals surface area contributed by atoms with Crippen molar-refractivity contribution in [2.45, 2.75) is 38.5 Å². The maximum absolute atomic E-state index is 10.3. The smallest absolute Gasteiger partial charge is 0.130 e. The van der Waals surface area contributed by atoms with Crippen molar-refractivity contribution in [2.24, 2.45) is 0 Å². The summed E-state index contributed by atoms with van der Waals surface area (Å²) in [6.07, 6.45) is 3.70. The Labute approximate surface area is 126 Å². The SMILES string of the molecule is CC(C)n1cc(C2CC(O)c3cc(Br)ccc3O2)cn1. The highest BCUT2D eigenvalue weighted by Gasteiger charge is 2.29. The summed E-state index contributed by atoms with van der Waals surface area (Å²) in [6, 6.07) is 6.04. The lowest BCUT2D eigenvalue weighted by Crippen LogP contribution is -2.18. The highest BCUT2D eigenvalue weighted by molar-refractivity contribution is 9.10. The highest BCUT2D eigenvalue weighted by Crippen LogP contribution is 2.41. The van der Waals surface area contributed by atoms with Crippen LogP contribution in [0.15, 0.2) is 35.1 Å². The van der Waals surface area contributed by atoms with E-state index in [1.165, 1.54) is 0 Å². The van der Waals surface area contributed by atoms with Crippen molar-refractivity contribution < 1.29 is 9.84 Å². The standard InChI is InChI=1S/C15H17BrN2O2/c1-9(2)18-8-10(7-17-18)15-6-13(19)12-5-11(16)3-4-14(12)20-15/h3-5,7-9,13,15,19H,6H2,1-2H3. The Hall–Kier alpha value is -1.33. The van der Waals surface area contributed by atoms with E-state index in [0.29, 0.717) is 12.5 Å². The van der Waals surface area contributed by atoms with Gasteiger partial charge in [0.1, 0.15) is 11.9 Å². The van der Waals surface area contributed by atoms with Gasteiger partial charge in [-0.3, -0.25) is 4.68 Å². The molecule has 0 spiro atoms. The van der Waals surface area contributed by atoms with Gasteiger partial charge in [-0.05, 0) is 32.0 Å². The molecule has 0 amide bonds. The number of fused-ring (bicyclic) bond motifs is 1. The molecule has 1 aliphatic rings. The van der Waals surface area contributed by atoms with Gasteiger partial charge in [-0.15, -0.1) is 0 Å². The van der Waals surface area contributed by atoms with Crippen molar-refractivity contribution in [1.82, 2.24) is 9.78 Å². The van der Waals surface area contributed by atoms with Crippen LogP contribution in [0.2, 0.25) is 0 Å². The normalized spacial score (nSPS) is 21.6. The molecule has 0 radical (unpaired) electrons. The summed E-state index contributed by atoms with van der Waals surface area (Å²) in [6.45, 7) is 4.17. The van der Waals surface area contributed by atoms with Gasteiger partial charge in [0.2, 0.25) is 0 Å². The molecule has 2 heterocycles. The van der Waals surface area contributed by atoms with Crippen molar-refractivity contribution >= 4 is 15.9 Å². The van der Waals surface area contributed by atoms with Crippen molar-refractivity contribution in [3.8, 4) is 5.75 Å². The van der Waals surface area contributed by atoms with Crippen LogP contribution in [0.3, 0.4) is 0 Å². The molecule has 1 aromatic heterocycles. The maximum Gasteiger partial charge on any atom is 0.130 e. The molecule has 5 heteroatoms. The summed E-state index contributed by atoms with van der Waals surface area (Å²) in [5.74, 6) is 0.745. The Bertz CT molecular complexity index is 624. The third-order valence-electron chi connectivity index (χ3n) is 3.56. The second kappa shape index (κ2) is 5.22. The van der Waals surface area contributed by atoms with Crippen molar-refractivity contribution in [2.75, 3.05) is 0 Å². The molecule has 4 nitrogen and oxygen atoms in total. The van der Waals surface area contributed by atoms with Crippen LogP contribution in [0, 0.1) is 0 Å². The Morgan fingerprint density at radius 2 is 2.25 bits per heavy atom. The highest BCUT2D eigenvalue weighted by atomic mass is 79.9. The van der Waals surface area contributed by atoms with Gasteiger partial charge in [-0.1, -0.05) is 15.9 Å². The predicted octanol–water partition coefficient (Wildman–Crippen LogP) is 3.78. The number of rotatable bonds is 2. The quantitative estimate of drug-likeness (QED) is 0.907. The predicted molar refractivity (Wildman–Crippen MR) is 79.7 cm³/mol. The average Bonchev–Trinajstić information content (AvgIpc) is 2.89. The molecule has 0 fully saturated rings. The molecular formula is C15H17BrN2O2. The van der Waals surface area contributed by atoms with E-state index in [-0.39, 0.29) is 6.10 Å². The molecule has 3 rings (SSSR count). The minimum atomic E-state index is -0.511. The Balaban J connectivity index is 1.88. The summed E-state index contributed by atoms with van der Waals surface area (Å²) >= 11 is 3.42. The van der Waals surface area contributed by atoms with E-state index in [2.05, 4.69) is 34.9 Å². The van der Waals surface area contributed by atoms with Crippen molar-refractivity contribution in [3.05, 3.63) is 46.2 Å². The largest absolute Gasteiger partial charge is 0.485 e. The molecule has 2 aromatic rings. The Morgan fingerprint density at radius 1 is 1.45 bits per heavy atom. The van der Waals surface area contributed by atoms with E-state index in [0.717, 1.165) is 21.3 Å². The first-order chi connectivity index (χ1) is 9.54. The molecule has 0 bridgehead atoms. The number of aliphatic hydroxyl groups is 1. The first kappa shape index (κ1) is 13.6. The van der Waals surface area contributed by atoms with E-state index >= 15 is 0 Å². The molecule has 1 N–H and O–H groups in total. The summed E-state index contributed by atoms with van der Waals surface area (Å²) in [7, 11) is 0. The van der Waals surface area contributed by atoms with Gasteiger partial charge >= 0.3 is 0 Å². The molecule has 0 saturated heterocycles. The van der Waals surface area contributed by atoms with E-state index in [1.807, 2.05) is 35.3 Å². The second-order valence-electron chi connectivity index (χ2n) is 5.39. The number of ether oxygens (including phenoxy) is 1. The van der Waals surface area contributed by atoms with Gasteiger partial charge in [-0.25, -0.2) is 0 Å². The molecule has 2 unspecified atom stereocenters. The lowest BCUT2D eigenvalue weighted by Gasteiger charge is -2.29. The van der Waals surface area contributed by atoms with Crippen LogP contribution < -0.4 is 4.74 Å². The van der Waals surface area contributed by atoms with Gasteiger partial charge in [0, 0.05) is 34.3 Å². The van der Waals surface area contributed by atoms with Crippen LogP contribution in [0.25, 0.3) is 0 Å². The molecule has 1 aliphatic heterocycles. The van der Waals surface area contributed by atoms with Gasteiger partial charge in [0.15, 0.2) is 0 Å². The lowest BCUT2D eigenvalue weighted by molar-refractivity contribution is 0.0656. The van der Waals surface area contributed by atoms with Crippen LogP contribution in [0.4, 0.5) is 0 Å². The number of aliphatic hydroxyl groups excluding tert-OH is 1. The number of halogens is 1. The first-order valence-corrected chi connectivity index (χ1v) is 7.52. The first-order valence-electron chi connectivity index (χ1n) is 6.73. The van der Waals surface area contributed by atoms with Gasteiger partial charge in [-0.2, -0.15) is 5.10 Å². The number of hydrogen-bond acceptors (Lipinski definition) is 3. The third-order valence-corrected chi connectivity index (χ3v) is 4.05. The minimum Gasteiger partial charge on any atom is -0.485 e. The molecule has 20 heavy (non-hydrogen) atoms. The van der Waals surface area contributed by atoms with E-state index < -0.39 is 6.10 Å². The zero-order valence-corrected chi connectivity index (χ0v) is 13.0. The number of nitrogens with zero attached hydrogens (tertiary/aromatic N) is 2. The summed E-state index contributed by atoms with van der Waals surface area (Å²) in [5, 5.41) is 14.6. The molecule has 0 aliphatic carbocycles. The minimum absolute atomic E-state index is 0.147. The Morgan fingerprint density at radius 3 is 2.95 bits per heavy atom. The number of hydrogen-bond donors (Lipinski definition) is 1. The zero-order chi connectivity index (χ0) is 14.3. The number of aromatic nitrogens is 2. The van der Waals surface area contributed by atoms with Gasteiger partial charge in [0.25, 0.3) is 0 Å². The fourth-order valence-electron chi connectivity index (χ4n) is 2.42. The number of benzene rings is 1. The van der Waals surface area contributed by atoms with Crippen LogP contribution >= 0.6 is 15.9 Å². The zero-order valence-electron chi connectivity index (χ0n) is 11.5. The fraction of sp³-hybridized carbons (Fsp3) is 0.400. The van der Waals surface area contributed by atoms with Crippen LogP contribution in [-0.4, -0.2) is 14.9 Å².